The lowest BCUT2D eigenvalue weighted by Gasteiger charge is -2.28. The van der Waals surface area contributed by atoms with Crippen LogP contribution < -0.4 is 0 Å². The van der Waals surface area contributed by atoms with Gasteiger partial charge < -0.3 is 5.11 Å². The van der Waals surface area contributed by atoms with Crippen molar-refractivity contribution < 1.29 is 18.3 Å². The smallest absolute Gasteiger partial charge is 0.311 e. The maximum Gasteiger partial charge on any atom is 0.311 e. The number of carbonyl (C=O) groups is 1. The van der Waals surface area contributed by atoms with Gasteiger partial charge in [0.25, 0.3) is 0 Å². The Bertz CT molecular complexity index is 668. The number of hydrogen-bond acceptors (Lipinski definition) is 4. The SMILES string of the molecule is Cc1sc(Br)cc1S(=O)(=O)N1CCC(C(=O)O)(C(C)C)C1. The highest BCUT2D eigenvalue weighted by Crippen LogP contribution is 2.41. The molecule has 1 unspecified atom stereocenters. The van der Waals surface area contributed by atoms with Gasteiger partial charge in [-0.05, 0) is 41.3 Å². The van der Waals surface area contributed by atoms with Crippen LogP contribution >= 0.6 is 27.3 Å². The van der Waals surface area contributed by atoms with Crippen LogP contribution in [-0.4, -0.2) is 36.9 Å². The van der Waals surface area contributed by atoms with Gasteiger partial charge in [0.15, 0.2) is 0 Å². The maximum atomic E-state index is 12.7. The Morgan fingerprint density at radius 3 is 2.52 bits per heavy atom. The molecule has 21 heavy (non-hydrogen) atoms. The van der Waals surface area contributed by atoms with Gasteiger partial charge in [-0.3, -0.25) is 4.79 Å². The third-order valence-corrected chi connectivity index (χ3v) is 7.91. The topological polar surface area (TPSA) is 74.7 Å². The summed E-state index contributed by atoms with van der Waals surface area (Å²) in [5, 5.41) is 9.52. The molecule has 8 heteroatoms. The van der Waals surface area contributed by atoms with Crippen molar-refractivity contribution in [2.45, 2.75) is 32.1 Å². The van der Waals surface area contributed by atoms with E-state index in [9.17, 15) is 18.3 Å². The highest BCUT2D eigenvalue weighted by atomic mass is 79.9. The molecule has 2 heterocycles. The number of thiophene rings is 1. The number of halogens is 1. The Hall–Kier alpha value is -0.440. The zero-order valence-electron chi connectivity index (χ0n) is 12.1. The second-order valence-corrected chi connectivity index (χ2v) is 10.2. The molecule has 5 nitrogen and oxygen atoms in total. The normalized spacial score (nSPS) is 23.9. The van der Waals surface area contributed by atoms with Crippen molar-refractivity contribution in [1.29, 1.82) is 0 Å². The highest BCUT2D eigenvalue weighted by molar-refractivity contribution is 9.11. The monoisotopic (exact) mass is 395 g/mol. The van der Waals surface area contributed by atoms with E-state index in [1.54, 1.807) is 13.0 Å². The maximum absolute atomic E-state index is 12.7. The van der Waals surface area contributed by atoms with Crippen molar-refractivity contribution in [2.24, 2.45) is 11.3 Å². The predicted octanol–water partition coefficient (Wildman–Crippen LogP) is 2.94. The number of sulfonamides is 1. The van der Waals surface area contributed by atoms with Gasteiger partial charge in [0.2, 0.25) is 10.0 Å². The average molecular weight is 396 g/mol. The predicted molar refractivity (Wildman–Crippen MR) is 85.0 cm³/mol. The summed E-state index contributed by atoms with van der Waals surface area (Å²) in [6, 6.07) is 1.59. The molecule has 0 radical (unpaired) electrons. The van der Waals surface area contributed by atoms with Crippen LogP contribution in [0.25, 0.3) is 0 Å². The molecule has 1 saturated heterocycles. The summed E-state index contributed by atoms with van der Waals surface area (Å²) in [7, 11) is -3.64. The van der Waals surface area contributed by atoms with Crippen molar-refractivity contribution in [1.82, 2.24) is 4.31 Å². The summed E-state index contributed by atoms with van der Waals surface area (Å²) in [5.41, 5.74) is -0.992. The van der Waals surface area contributed by atoms with Gasteiger partial charge >= 0.3 is 5.97 Å². The number of aliphatic carboxylic acids is 1. The van der Waals surface area contributed by atoms with Gasteiger partial charge in [-0.1, -0.05) is 13.8 Å². The Morgan fingerprint density at radius 1 is 1.52 bits per heavy atom. The van der Waals surface area contributed by atoms with Crippen LogP contribution in [0.2, 0.25) is 0 Å². The first-order valence-electron chi connectivity index (χ1n) is 6.61. The number of hydrogen-bond donors (Lipinski definition) is 1. The molecule has 1 aliphatic rings. The molecule has 1 aliphatic heterocycles. The van der Waals surface area contributed by atoms with Crippen molar-refractivity contribution in [3.63, 3.8) is 0 Å². The summed E-state index contributed by atoms with van der Waals surface area (Å²) < 4.78 is 27.5. The molecule has 1 aromatic rings. The number of nitrogens with zero attached hydrogens (tertiary/aromatic N) is 1. The molecule has 0 aromatic carbocycles. The Labute approximate surface area is 137 Å². The van der Waals surface area contributed by atoms with E-state index >= 15 is 0 Å². The highest BCUT2D eigenvalue weighted by Gasteiger charge is 2.50. The molecule has 118 valence electrons. The molecule has 0 aliphatic carbocycles. The van der Waals surface area contributed by atoms with Crippen LogP contribution in [0.5, 0.6) is 0 Å². The molecule has 0 bridgehead atoms. The molecule has 0 spiro atoms. The first kappa shape index (κ1) is 16.9. The van der Waals surface area contributed by atoms with Crippen molar-refractivity contribution in [2.75, 3.05) is 13.1 Å². The molecule has 1 atom stereocenters. The Morgan fingerprint density at radius 2 is 2.14 bits per heavy atom. The van der Waals surface area contributed by atoms with Crippen molar-refractivity contribution in [3.05, 3.63) is 14.7 Å². The minimum atomic E-state index is -3.64. The molecule has 2 rings (SSSR count). The summed E-state index contributed by atoms with van der Waals surface area (Å²) >= 11 is 4.66. The van der Waals surface area contributed by atoms with Crippen molar-refractivity contribution in [3.8, 4) is 0 Å². The summed E-state index contributed by atoms with van der Waals surface area (Å²) in [6.07, 6.45) is 0.351. The van der Waals surface area contributed by atoms with Crippen LogP contribution in [-0.2, 0) is 14.8 Å². The van der Waals surface area contributed by atoms with E-state index < -0.39 is 21.4 Å². The average Bonchev–Trinajstić information content (AvgIpc) is 2.94. The lowest BCUT2D eigenvalue weighted by Crippen LogP contribution is -2.40. The molecular formula is C13H18BrNO4S2. The van der Waals surface area contributed by atoms with Gasteiger partial charge in [-0.15, -0.1) is 11.3 Å². The lowest BCUT2D eigenvalue weighted by atomic mass is 9.77. The van der Waals surface area contributed by atoms with Crippen LogP contribution in [0.4, 0.5) is 0 Å². The molecule has 0 saturated carbocycles. The second-order valence-electron chi connectivity index (χ2n) is 5.68. The van der Waals surface area contributed by atoms with E-state index in [0.29, 0.717) is 11.3 Å². The zero-order valence-corrected chi connectivity index (χ0v) is 15.3. The van der Waals surface area contributed by atoms with E-state index in [1.165, 1.54) is 15.6 Å². The molecule has 0 amide bonds. The molecule has 1 aromatic heterocycles. The zero-order chi connectivity index (χ0) is 16.0. The minimum Gasteiger partial charge on any atom is -0.481 e. The van der Waals surface area contributed by atoms with Gasteiger partial charge in [-0.25, -0.2) is 8.42 Å². The first-order chi connectivity index (χ1) is 9.61. The Kier molecular flexibility index (Phi) is 4.55. The summed E-state index contributed by atoms with van der Waals surface area (Å²) in [6.45, 7) is 5.70. The molecular weight excluding hydrogens is 378 g/mol. The number of carboxylic acid groups (broad SMARTS) is 1. The molecule has 1 N–H and O–H groups in total. The van der Waals surface area contributed by atoms with Gasteiger partial charge in [0.05, 0.1) is 14.1 Å². The van der Waals surface area contributed by atoms with E-state index in [0.717, 1.165) is 3.79 Å². The van der Waals surface area contributed by atoms with E-state index in [2.05, 4.69) is 15.9 Å². The van der Waals surface area contributed by atoms with Crippen molar-refractivity contribution >= 4 is 43.3 Å². The number of aryl methyl sites for hydroxylation is 1. The van der Waals surface area contributed by atoms with Crippen LogP contribution in [0.3, 0.4) is 0 Å². The summed E-state index contributed by atoms with van der Waals surface area (Å²) in [5.74, 6) is -1.04. The summed E-state index contributed by atoms with van der Waals surface area (Å²) in [4.78, 5) is 12.6. The van der Waals surface area contributed by atoms with Crippen LogP contribution in [0.15, 0.2) is 14.7 Å². The second kappa shape index (κ2) is 5.64. The van der Waals surface area contributed by atoms with Crippen LogP contribution in [0.1, 0.15) is 25.1 Å². The quantitative estimate of drug-likeness (QED) is 0.849. The van der Waals surface area contributed by atoms with Gasteiger partial charge in [0, 0.05) is 18.0 Å². The van der Waals surface area contributed by atoms with E-state index in [1.807, 2.05) is 13.8 Å². The fourth-order valence-corrected chi connectivity index (χ4v) is 6.61. The Balaban J connectivity index is 2.37. The standard InChI is InChI=1S/C13H18BrNO4S2/c1-8(2)13(12(16)17)4-5-15(7-13)21(18,19)10-6-11(14)20-9(10)3/h6,8H,4-5,7H2,1-3H3,(H,16,17). The molecule has 1 fully saturated rings. The van der Waals surface area contributed by atoms with Gasteiger partial charge in [0.1, 0.15) is 0 Å². The number of carboxylic acids is 1. The largest absolute Gasteiger partial charge is 0.481 e. The number of rotatable bonds is 4. The lowest BCUT2D eigenvalue weighted by molar-refractivity contribution is -0.150. The fourth-order valence-electron chi connectivity index (χ4n) is 2.72. The third kappa shape index (κ3) is 2.78. The fraction of sp³-hybridized carbons (Fsp3) is 0.615. The first-order valence-corrected chi connectivity index (χ1v) is 9.65. The van der Waals surface area contributed by atoms with E-state index in [4.69, 9.17) is 0 Å². The van der Waals surface area contributed by atoms with Gasteiger partial charge in [-0.2, -0.15) is 4.31 Å². The third-order valence-electron chi connectivity index (χ3n) is 4.26. The minimum absolute atomic E-state index is 0.0369. The van der Waals surface area contributed by atoms with E-state index in [-0.39, 0.29) is 23.9 Å². The van der Waals surface area contributed by atoms with Crippen LogP contribution in [0, 0.1) is 18.3 Å².